The minimum atomic E-state index is 0.904. The molecule has 0 saturated carbocycles. The summed E-state index contributed by atoms with van der Waals surface area (Å²) in [7, 11) is 0. The number of imidazole rings is 4. The van der Waals surface area contributed by atoms with Crippen molar-refractivity contribution in [3.63, 3.8) is 0 Å². The second kappa shape index (κ2) is 5.22. The molecule has 0 bridgehead atoms. The molecule has 4 aromatic heterocycles. The molecule has 0 unspecified atom stereocenters. The van der Waals surface area contributed by atoms with Crippen LogP contribution in [-0.2, 0) is 0 Å². The summed E-state index contributed by atoms with van der Waals surface area (Å²) in [4.78, 5) is 10.2. The third kappa shape index (κ3) is 1.78. The van der Waals surface area contributed by atoms with Crippen molar-refractivity contribution in [2.45, 2.75) is 0 Å². The summed E-state index contributed by atoms with van der Waals surface area (Å²) in [6.45, 7) is 0. The molecule has 5 aromatic carbocycles. The minimum absolute atomic E-state index is 0.904. The molecule has 0 aliphatic heterocycles. The van der Waals surface area contributed by atoms with E-state index in [2.05, 4.69) is 104 Å². The van der Waals surface area contributed by atoms with Gasteiger partial charge in [-0.3, -0.25) is 8.80 Å². The van der Waals surface area contributed by atoms with Gasteiger partial charge >= 0.3 is 0 Å². The molecule has 0 spiro atoms. The summed E-state index contributed by atoms with van der Waals surface area (Å²) >= 11 is 0. The Balaban J connectivity index is 1.55. The fraction of sp³-hybridized carbons (Fsp3) is 0. The van der Waals surface area contributed by atoms with Crippen LogP contribution in [-0.4, -0.2) is 23.2 Å². The van der Waals surface area contributed by atoms with Crippen LogP contribution in [0, 0.1) is 0 Å². The molecular formula is C28H15N5. The van der Waals surface area contributed by atoms with Crippen molar-refractivity contribution in [3.05, 3.63) is 91.0 Å². The summed E-state index contributed by atoms with van der Waals surface area (Å²) in [5.74, 6) is 1.81. The van der Waals surface area contributed by atoms with Gasteiger partial charge in [-0.2, -0.15) is 0 Å². The molecule has 9 rings (SSSR count). The number of aromatic nitrogens is 5. The van der Waals surface area contributed by atoms with Crippen molar-refractivity contribution in [2.75, 3.05) is 0 Å². The Bertz CT molecular complexity index is 2090. The van der Waals surface area contributed by atoms with Crippen LogP contribution >= 0.6 is 0 Å². The van der Waals surface area contributed by atoms with Crippen molar-refractivity contribution in [3.8, 4) is 0 Å². The zero-order chi connectivity index (χ0) is 21.3. The van der Waals surface area contributed by atoms with E-state index in [9.17, 15) is 0 Å². The van der Waals surface area contributed by atoms with Crippen LogP contribution < -0.4 is 0 Å². The first kappa shape index (κ1) is 16.1. The molecule has 4 heterocycles. The van der Waals surface area contributed by atoms with Gasteiger partial charge in [0.1, 0.15) is 5.52 Å². The summed E-state index contributed by atoms with van der Waals surface area (Å²) in [5, 5.41) is 4.85. The number of nitrogens with zero attached hydrogens (tertiary/aromatic N) is 5. The maximum atomic E-state index is 5.10. The molecular weight excluding hydrogens is 406 g/mol. The highest BCUT2D eigenvalue weighted by Gasteiger charge is 2.23. The van der Waals surface area contributed by atoms with Crippen molar-refractivity contribution in [1.29, 1.82) is 0 Å². The number of benzene rings is 5. The van der Waals surface area contributed by atoms with E-state index in [1.54, 1.807) is 0 Å². The molecule has 0 aliphatic rings. The summed E-state index contributed by atoms with van der Waals surface area (Å²) in [6.07, 6.45) is 0. The molecule has 0 atom stereocenters. The molecule has 0 fully saturated rings. The lowest BCUT2D eigenvalue weighted by Crippen LogP contribution is -1.87. The number of hydrogen-bond donors (Lipinski definition) is 0. The fourth-order valence-electron chi connectivity index (χ4n) is 5.67. The molecule has 0 aliphatic carbocycles. The Morgan fingerprint density at radius 3 is 1.36 bits per heavy atom. The standard InChI is InChI=1S/C28H15N5/c1-3-8-18-14-24-20(12-16(18)6-1)29-27-31(24)22-10-5-11-23-26(22)33(27)28-30-21-13-17-7-2-4-9-19(17)15-25(21)32(23)28/h1-15H. The van der Waals surface area contributed by atoms with Gasteiger partial charge in [0, 0.05) is 0 Å². The van der Waals surface area contributed by atoms with Gasteiger partial charge in [-0.1, -0.05) is 54.6 Å². The maximum Gasteiger partial charge on any atom is 0.223 e. The van der Waals surface area contributed by atoms with Gasteiger partial charge in [-0.15, -0.1) is 0 Å². The monoisotopic (exact) mass is 421 g/mol. The molecule has 152 valence electrons. The lowest BCUT2D eigenvalue weighted by Gasteiger charge is -2.00. The second-order valence-electron chi connectivity index (χ2n) is 8.85. The Kier molecular flexibility index (Phi) is 2.54. The Hall–Kier alpha value is -4.64. The Morgan fingerprint density at radius 1 is 0.424 bits per heavy atom. The van der Waals surface area contributed by atoms with Crippen LogP contribution in [0.4, 0.5) is 0 Å². The normalized spacial score (nSPS) is 12.8. The predicted molar refractivity (Wildman–Crippen MR) is 134 cm³/mol. The van der Waals surface area contributed by atoms with Gasteiger partial charge in [0.2, 0.25) is 11.6 Å². The largest absolute Gasteiger partial charge is 0.276 e. The lowest BCUT2D eigenvalue weighted by molar-refractivity contribution is 1.15. The topological polar surface area (TPSA) is 39.0 Å². The zero-order valence-electron chi connectivity index (χ0n) is 17.4. The fourth-order valence-corrected chi connectivity index (χ4v) is 5.67. The van der Waals surface area contributed by atoms with Gasteiger partial charge in [-0.25, -0.2) is 14.4 Å². The van der Waals surface area contributed by atoms with Crippen molar-refractivity contribution >= 4 is 71.7 Å². The van der Waals surface area contributed by atoms with E-state index in [-0.39, 0.29) is 0 Å². The molecule has 33 heavy (non-hydrogen) atoms. The number of rotatable bonds is 0. The zero-order valence-corrected chi connectivity index (χ0v) is 17.4. The average molecular weight is 421 g/mol. The third-order valence-electron chi connectivity index (χ3n) is 7.11. The quantitative estimate of drug-likeness (QED) is 0.283. The van der Waals surface area contributed by atoms with Crippen molar-refractivity contribution in [1.82, 2.24) is 23.2 Å². The van der Waals surface area contributed by atoms with Gasteiger partial charge in [-0.05, 0) is 57.9 Å². The number of hydrogen-bond acceptors (Lipinski definition) is 2. The van der Waals surface area contributed by atoms with E-state index in [4.69, 9.17) is 9.97 Å². The van der Waals surface area contributed by atoms with E-state index in [0.717, 1.165) is 50.2 Å². The van der Waals surface area contributed by atoms with E-state index >= 15 is 0 Å². The van der Waals surface area contributed by atoms with Crippen molar-refractivity contribution < 1.29 is 0 Å². The van der Waals surface area contributed by atoms with Crippen LogP contribution in [0.3, 0.4) is 0 Å². The maximum absolute atomic E-state index is 5.10. The van der Waals surface area contributed by atoms with Crippen LogP contribution in [0.25, 0.3) is 71.7 Å². The number of fused-ring (bicyclic) bond motifs is 12. The Morgan fingerprint density at radius 2 is 0.879 bits per heavy atom. The van der Waals surface area contributed by atoms with Crippen LogP contribution in [0.1, 0.15) is 0 Å². The highest BCUT2D eigenvalue weighted by Crippen LogP contribution is 2.35. The molecule has 0 N–H and O–H groups in total. The molecule has 5 heteroatoms. The number of para-hydroxylation sites is 1. The van der Waals surface area contributed by atoms with Crippen molar-refractivity contribution in [2.24, 2.45) is 0 Å². The van der Waals surface area contributed by atoms with Gasteiger partial charge in [0.25, 0.3) is 0 Å². The van der Waals surface area contributed by atoms with Crippen LogP contribution in [0.15, 0.2) is 91.0 Å². The van der Waals surface area contributed by atoms with E-state index in [1.165, 1.54) is 21.5 Å². The Labute approximate surface area is 186 Å². The predicted octanol–water partition coefficient (Wildman–Crippen LogP) is 6.44. The first-order valence-electron chi connectivity index (χ1n) is 11.1. The summed E-state index contributed by atoms with van der Waals surface area (Å²) in [6, 6.07) is 32.3. The average Bonchev–Trinajstić information content (AvgIpc) is 3.55. The first-order valence-corrected chi connectivity index (χ1v) is 11.1. The molecule has 0 radical (unpaired) electrons. The van der Waals surface area contributed by atoms with Gasteiger partial charge in [0.15, 0.2) is 0 Å². The van der Waals surface area contributed by atoms with Crippen LogP contribution in [0.2, 0.25) is 0 Å². The summed E-state index contributed by atoms with van der Waals surface area (Å²) in [5.41, 5.74) is 7.71. The molecule has 0 saturated heterocycles. The second-order valence-corrected chi connectivity index (χ2v) is 8.85. The van der Waals surface area contributed by atoms with Gasteiger partial charge in [0.05, 0.1) is 33.1 Å². The molecule has 5 nitrogen and oxygen atoms in total. The highest BCUT2D eigenvalue weighted by atomic mass is 15.3. The van der Waals surface area contributed by atoms with E-state index < -0.39 is 0 Å². The van der Waals surface area contributed by atoms with Gasteiger partial charge < -0.3 is 0 Å². The van der Waals surface area contributed by atoms with Crippen LogP contribution in [0.5, 0.6) is 0 Å². The van der Waals surface area contributed by atoms with E-state index in [1.807, 2.05) is 0 Å². The first-order chi connectivity index (χ1) is 16.3. The summed E-state index contributed by atoms with van der Waals surface area (Å²) < 4.78 is 6.78. The lowest BCUT2D eigenvalue weighted by atomic mass is 10.1. The molecule has 9 aromatic rings. The SMILES string of the molecule is c1ccc2cc3c(cc2c1)nc1n3c2cccc3c2n1c1nc2cc4ccccc4cc2n31. The minimum Gasteiger partial charge on any atom is -0.276 e. The highest BCUT2D eigenvalue weighted by molar-refractivity contribution is 6.06. The third-order valence-corrected chi connectivity index (χ3v) is 7.11. The smallest absolute Gasteiger partial charge is 0.223 e. The van der Waals surface area contributed by atoms with E-state index in [0.29, 0.717) is 0 Å². The molecule has 0 amide bonds.